The molecule has 0 atom stereocenters. The van der Waals surface area contributed by atoms with Crippen LogP contribution in [0.2, 0.25) is 10.0 Å². The lowest BCUT2D eigenvalue weighted by Crippen LogP contribution is -2.17. The number of rotatable bonds is 1. The Bertz CT molecular complexity index is 695. The third-order valence-corrected chi connectivity index (χ3v) is 3.85. The van der Waals surface area contributed by atoms with Crippen LogP contribution in [0.15, 0.2) is 18.2 Å². The monoisotopic (exact) mass is 326 g/mol. The SMILES string of the molecule is Cc1c(-c2cc(Cl)cc(Cl)c2)[nH]c(C(C)(C)C)nc1=S. The first-order chi connectivity index (χ1) is 9.18. The van der Waals surface area contributed by atoms with E-state index in [9.17, 15) is 0 Å². The number of hydrogen-bond acceptors (Lipinski definition) is 2. The summed E-state index contributed by atoms with van der Waals surface area (Å²) in [6.45, 7) is 8.21. The number of hydrogen-bond donors (Lipinski definition) is 1. The van der Waals surface area contributed by atoms with Crippen molar-refractivity contribution >= 4 is 35.4 Å². The van der Waals surface area contributed by atoms with E-state index in [2.05, 4.69) is 30.7 Å². The van der Waals surface area contributed by atoms with Gasteiger partial charge in [-0.3, -0.25) is 0 Å². The quantitative estimate of drug-likeness (QED) is 0.679. The second-order valence-corrected chi connectivity index (χ2v) is 7.06. The summed E-state index contributed by atoms with van der Waals surface area (Å²) in [6, 6.07) is 5.45. The van der Waals surface area contributed by atoms with Gasteiger partial charge in [0.25, 0.3) is 0 Å². The van der Waals surface area contributed by atoms with E-state index in [1.54, 1.807) is 6.07 Å². The van der Waals surface area contributed by atoms with Crippen LogP contribution in [0.25, 0.3) is 11.3 Å². The Morgan fingerprint density at radius 3 is 2.15 bits per heavy atom. The molecule has 2 nitrogen and oxygen atoms in total. The first-order valence-electron chi connectivity index (χ1n) is 6.26. The predicted molar refractivity (Wildman–Crippen MR) is 88.3 cm³/mol. The molecule has 0 bridgehead atoms. The fraction of sp³-hybridized carbons (Fsp3) is 0.333. The highest BCUT2D eigenvalue weighted by atomic mass is 35.5. The number of aromatic nitrogens is 2. The standard InChI is InChI=1S/C15H16Cl2N2S/c1-8-12(9-5-10(16)7-11(17)6-9)18-14(15(2,3)4)19-13(8)20/h5-7H,1-4H3,(H,18,19,20). The molecule has 5 heteroatoms. The van der Waals surface area contributed by atoms with E-state index in [4.69, 9.17) is 35.4 Å². The lowest BCUT2D eigenvalue weighted by Gasteiger charge is -2.20. The fourth-order valence-corrected chi connectivity index (χ4v) is 2.59. The second kappa shape index (κ2) is 5.47. The number of halogens is 2. The van der Waals surface area contributed by atoms with Gasteiger partial charge in [0.05, 0.1) is 5.69 Å². The third kappa shape index (κ3) is 3.22. The van der Waals surface area contributed by atoms with Gasteiger partial charge in [-0.25, -0.2) is 4.98 Å². The summed E-state index contributed by atoms with van der Waals surface area (Å²) in [5.74, 6) is 0.846. The Morgan fingerprint density at radius 2 is 1.65 bits per heavy atom. The summed E-state index contributed by atoms with van der Waals surface area (Å²) in [5, 5.41) is 1.20. The van der Waals surface area contributed by atoms with Crippen LogP contribution >= 0.6 is 35.4 Å². The van der Waals surface area contributed by atoms with Crippen molar-refractivity contribution < 1.29 is 0 Å². The molecule has 20 heavy (non-hydrogen) atoms. The van der Waals surface area contributed by atoms with Crippen LogP contribution in [0.3, 0.4) is 0 Å². The number of H-pyrrole nitrogens is 1. The van der Waals surface area contributed by atoms with Gasteiger partial charge in [-0.15, -0.1) is 0 Å². The highest BCUT2D eigenvalue weighted by Gasteiger charge is 2.19. The van der Waals surface area contributed by atoms with E-state index >= 15 is 0 Å². The zero-order valence-corrected chi connectivity index (χ0v) is 14.2. The van der Waals surface area contributed by atoms with E-state index in [-0.39, 0.29) is 5.41 Å². The minimum atomic E-state index is -0.113. The van der Waals surface area contributed by atoms with Crippen molar-refractivity contribution in [3.05, 3.63) is 44.3 Å². The smallest absolute Gasteiger partial charge is 0.133 e. The summed E-state index contributed by atoms with van der Waals surface area (Å²) in [7, 11) is 0. The van der Waals surface area contributed by atoms with Gasteiger partial charge in [-0.1, -0.05) is 56.2 Å². The van der Waals surface area contributed by atoms with Crippen LogP contribution in [-0.4, -0.2) is 9.97 Å². The Morgan fingerprint density at radius 1 is 1.10 bits per heavy atom. The molecule has 106 valence electrons. The summed E-state index contributed by atoms with van der Waals surface area (Å²) in [4.78, 5) is 7.84. The van der Waals surface area contributed by atoms with E-state index in [0.717, 1.165) is 22.6 Å². The van der Waals surface area contributed by atoms with Gasteiger partial charge in [0, 0.05) is 26.6 Å². The Labute approximate surface area is 134 Å². The van der Waals surface area contributed by atoms with Crippen LogP contribution in [0.4, 0.5) is 0 Å². The van der Waals surface area contributed by atoms with Gasteiger partial charge in [0.15, 0.2) is 0 Å². The molecule has 1 N–H and O–H groups in total. The predicted octanol–water partition coefficient (Wildman–Crippen LogP) is 5.72. The third-order valence-electron chi connectivity index (χ3n) is 3.01. The first-order valence-corrected chi connectivity index (χ1v) is 7.43. The number of nitrogens with zero attached hydrogens (tertiary/aromatic N) is 1. The van der Waals surface area contributed by atoms with Gasteiger partial charge < -0.3 is 4.98 Å². The number of benzene rings is 1. The van der Waals surface area contributed by atoms with Crippen molar-refractivity contribution in [2.75, 3.05) is 0 Å². The molecule has 0 spiro atoms. The summed E-state index contributed by atoms with van der Waals surface area (Å²) in [6.07, 6.45) is 0. The van der Waals surface area contributed by atoms with E-state index in [1.165, 1.54) is 0 Å². The highest BCUT2D eigenvalue weighted by molar-refractivity contribution is 7.71. The van der Waals surface area contributed by atoms with Gasteiger partial charge in [-0.2, -0.15) is 0 Å². The maximum absolute atomic E-state index is 6.08. The van der Waals surface area contributed by atoms with Crippen LogP contribution in [0.1, 0.15) is 32.2 Å². The second-order valence-electron chi connectivity index (χ2n) is 5.80. The molecule has 0 amide bonds. The molecule has 1 heterocycles. The van der Waals surface area contributed by atoms with Gasteiger partial charge in [-0.05, 0) is 25.1 Å². The molecular formula is C15H16Cl2N2S. The Kier molecular flexibility index (Phi) is 4.24. The van der Waals surface area contributed by atoms with Crippen molar-refractivity contribution in [3.63, 3.8) is 0 Å². The largest absolute Gasteiger partial charge is 0.342 e. The van der Waals surface area contributed by atoms with E-state index in [0.29, 0.717) is 14.7 Å². The maximum atomic E-state index is 6.08. The van der Waals surface area contributed by atoms with Gasteiger partial charge >= 0.3 is 0 Å². The molecule has 1 aromatic heterocycles. The molecule has 0 fully saturated rings. The van der Waals surface area contributed by atoms with Crippen molar-refractivity contribution in [1.82, 2.24) is 9.97 Å². The Hall–Kier alpha value is -0.900. The van der Waals surface area contributed by atoms with Crippen LogP contribution in [0, 0.1) is 11.6 Å². The molecule has 2 aromatic rings. The minimum absolute atomic E-state index is 0.113. The normalized spacial score (nSPS) is 11.7. The molecule has 0 radical (unpaired) electrons. The number of nitrogens with one attached hydrogen (secondary N) is 1. The highest BCUT2D eigenvalue weighted by Crippen LogP contribution is 2.30. The molecule has 2 rings (SSSR count). The zero-order chi connectivity index (χ0) is 15.1. The van der Waals surface area contributed by atoms with Gasteiger partial charge in [0.1, 0.15) is 10.5 Å². The molecule has 0 aliphatic carbocycles. The Balaban J connectivity index is 2.73. The summed E-state index contributed by atoms with van der Waals surface area (Å²) >= 11 is 17.5. The van der Waals surface area contributed by atoms with Crippen molar-refractivity contribution in [2.45, 2.75) is 33.1 Å². The molecule has 0 saturated carbocycles. The average Bonchev–Trinajstić information content (AvgIpc) is 2.29. The zero-order valence-electron chi connectivity index (χ0n) is 11.8. The lowest BCUT2D eigenvalue weighted by atomic mass is 9.95. The lowest BCUT2D eigenvalue weighted by molar-refractivity contribution is 0.544. The van der Waals surface area contributed by atoms with Crippen molar-refractivity contribution in [1.29, 1.82) is 0 Å². The van der Waals surface area contributed by atoms with Gasteiger partial charge in [0.2, 0.25) is 0 Å². The van der Waals surface area contributed by atoms with E-state index in [1.807, 2.05) is 19.1 Å². The fourth-order valence-electron chi connectivity index (χ4n) is 1.87. The minimum Gasteiger partial charge on any atom is -0.342 e. The molecule has 0 unspecified atom stereocenters. The molecule has 0 aliphatic rings. The number of aromatic amines is 1. The first kappa shape index (κ1) is 15.5. The van der Waals surface area contributed by atoms with Crippen LogP contribution in [0.5, 0.6) is 0 Å². The summed E-state index contributed by atoms with van der Waals surface area (Å²) < 4.78 is 0.597. The molecular weight excluding hydrogens is 311 g/mol. The summed E-state index contributed by atoms with van der Waals surface area (Å²) in [5.41, 5.74) is 2.64. The van der Waals surface area contributed by atoms with Crippen LogP contribution < -0.4 is 0 Å². The maximum Gasteiger partial charge on any atom is 0.133 e. The molecule has 0 aliphatic heterocycles. The average molecular weight is 327 g/mol. The van der Waals surface area contributed by atoms with Crippen molar-refractivity contribution in [2.24, 2.45) is 0 Å². The topological polar surface area (TPSA) is 28.7 Å². The molecule has 1 aromatic carbocycles. The molecule has 0 saturated heterocycles. The van der Waals surface area contributed by atoms with Crippen LogP contribution in [-0.2, 0) is 5.41 Å². The van der Waals surface area contributed by atoms with Crippen molar-refractivity contribution in [3.8, 4) is 11.3 Å². The van der Waals surface area contributed by atoms with E-state index < -0.39 is 0 Å².